The molecule has 1 aromatic rings. The van der Waals surface area contributed by atoms with E-state index >= 15 is 0 Å². The zero-order valence-corrected chi connectivity index (χ0v) is 8.28. The molecule has 80 valence electrons. The number of halogens is 1. The van der Waals surface area contributed by atoms with Crippen LogP contribution in [-0.4, -0.2) is 30.7 Å². The summed E-state index contributed by atoms with van der Waals surface area (Å²) in [5.74, 6) is -0.434. The van der Waals surface area contributed by atoms with Gasteiger partial charge in [-0.2, -0.15) is 0 Å². The molecule has 1 aliphatic heterocycles. The van der Waals surface area contributed by atoms with Crippen LogP contribution in [0.1, 0.15) is 16.8 Å². The van der Waals surface area contributed by atoms with Gasteiger partial charge in [-0.15, -0.1) is 0 Å². The third-order valence-electron chi connectivity index (χ3n) is 2.34. The normalized spacial score (nSPS) is 16.5. The van der Waals surface area contributed by atoms with E-state index in [1.54, 1.807) is 4.90 Å². The Kier molecular flexibility index (Phi) is 2.97. The van der Waals surface area contributed by atoms with Gasteiger partial charge in [-0.3, -0.25) is 4.79 Å². The standard InChI is InChI=1S/C11H12FNO2/c12-10-4-2-9(3-5-10)11(14)13-6-1-7-15-8-13/h2-5H,1,6-8H2. The molecule has 0 unspecified atom stereocenters. The summed E-state index contributed by atoms with van der Waals surface area (Å²) in [7, 11) is 0. The summed E-state index contributed by atoms with van der Waals surface area (Å²) < 4.78 is 17.8. The maximum absolute atomic E-state index is 12.6. The first-order valence-electron chi connectivity index (χ1n) is 4.90. The molecule has 1 aromatic carbocycles. The van der Waals surface area contributed by atoms with Gasteiger partial charge in [0.1, 0.15) is 12.5 Å². The number of amides is 1. The van der Waals surface area contributed by atoms with E-state index in [1.807, 2.05) is 0 Å². The molecule has 1 heterocycles. The molecule has 1 saturated heterocycles. The Balaban J connectivity index is 2.09. The van der Waals surface area contributed by atoms with Crippen LogP contribution in [-0.2, 0) is 4.74 Å². The predicted molar refractivity (Wildman–Crippen MR) is 52.9 cm³/mol. The average molecular weight is 209 g/mol. The minimum Gasteiger partial charge on any atom is -0.361 e. The van der Waals surface area contributed by atoms with Crippen LogP contribution < -0.4 is 0 Å². The van der Waals surface area contributed by atoms with Crippen molar-refractivity contribution in [1.82, 2.24) is 4.90 Å². The van der Waals surface area contributed by atoms with Crippen molar-refractivity contribution >= 4 is 5.91 Å². The predicted octanol–water partition coefficient (Wildman–Crippen LogP) is 1.65. The molecule has 1 aliphatic rings. The van der Waals surface area contributed by atoms with Gasteiger partial charge in [0.05, 0.1) is 6.61 Å². The van der Waals surface area contributed by atoms with Gasteiger partial charge in [0, 0.05) is 12.1 Å². The first-order chi connectivity index (χ1) is 7.27. The van der Waals surface area contributed by atoms with Crippen LogP contribution in [0.5, 0.6) is 0 Å². The van der Waals surface area contributed by atoms with Gasteiger partial charge in [0.15, 0.2) is 0 Å². The molecule has 1 amide bonds. The number of benzene rings is 1. The highest BCUT2D eigenvalue weighted by Crippen LogP contribution is 2.09. The van der Waals surface area contributed by atoms with E-state index in [2.05, 4.69) is 0 Å². The van der Waals surface area contributed by atoms with Crippen molar-refractivity contribution in [2.75, 3.05) is 19.9 Å². The van der Waals surface area contributed by atoms with Crippen LogP contribution in [0, 0.1) is 5.82 Å². The first-order valence-corrected chi connectivity index (χ1v) is 4.90. The Bertz CT molecular complexity index is 344. The fourth-order valence-electron chi connectivity index (χ4n) is 1.53. The van der Waals surface area contributed by atoms with Crippen LogP contribution in [0.15, 0.2) is 24.3 Å². The zero-order valence-electron chi connectivity index (χ0n) is 8.28. The lowest BCUT2D eigenvalue weighted by atomic mass is 10.2. The molecule has 0 atom stereocenters. The summed E-state index contributed by atoms with van der Waals surface area (Å²) in [5, 5.41) is 0. The van der Waals surface area contributed by atoms with E-state index < -0.39 is 0 Å². The summed E-state index contributed by atoms with van der Waals surface area (Å²) >= 11 is 0. The van der Waals surface area contributed by atoms with Gasteiger partial charge >= 0.3 is 0 Å². The summed E-state index contributed by atoms with van der Waals surface area (Å²) in [6.45, 7) is 1.74. The molecule has 0 spiro atoms. The highest BCUT2D eigenvalue weighted by atomic mass is 19.1. The largest absolute Gasteiger partial charge is 0.361 e. The Morgan fingerprint density at radius 3 is 2.67 bits per heavy atom. The van der Waals surface area contributed by atoms with E-state index in [0.29, 0.717) is 25.4 Å². The van der Waals surface area contributed by atoms with Crippen molar-refractivity contribution in [1.29, 1.82) is 0 Å². The molecular formula is C11H12FNO2. The fourth-order valence-corrected chi connectivity index (χ4v) is 1.53. The van der Waals surface area contributed by atoms with Gasteiger partial charge < -0.3 is 9.64 Å². The average Bonchev–Trinajstić information content (AvgIpc) is 2.30. The number of rotatable bonds is 1. The third-order valence-corrected chi connectivity index (χ3v) is 2.34. The summed E-state index contributed by atoms with van der Waals surface area (Å²) in [5.41, 5.74) is 0.502. The molecule has 2 rings (SSSR count). The lowest BCUT2D eigenvalue weighted by molar-refractivity contribution is -0.00571. The van der Waals surface area contributed by atoms with E-state index in [4.69, 9.17) is 4.74 Å². The number of hydrogen-bond donors (Lipinski definition) is 0. The number of carbonyl (C=O) groups excluding carboxylic acids is 1. The lowest BCUT2D eigenvalue weighted by Gasteiger charge is -2.26. The summed E-state index contributed by atoms with van der Waals surface area (Å²) in [6.07, 6.45) is 0.854. The number of nitrogens with zero attached hydrogens (tertiary/aromatic N) is 1. The van der Waals surface area contributed by atoms with Crippen molar-refractivity contribution in [2.45, 2.75) is 6.42 Å². The third kappa shape index (κ3) is 2.33. The number of carbonyl (C=O) groups is 1. The minimum absolute atomic E-state index is 0.102. The van der Waals surface area contributed by atoms with Crippen LogP contribution in [0.3, 0.4) is 0 Å². The molecule has 4 heteroatoms. The van der Waals surface area contributed by atoms with Crippen LogP contribution in [0.4, 0.5) is 4.39 Å². The zero-order chi connectivity index (χ0) is 10.7. The second-order valence-electron chi connectivity index (χ2n) is 3.47. The van der Waals surface area contributed by atoms with Gasteiger partial charge in [0.2, 0.25) is 0 Å². The second-order valence-corrected chi connectivity index (χ2v) is 3.47. The van der Waals surface area contributed by atoms with E-state index in [-0.39, 0.29) is 11.7 Å². The SMILES string of the molecule is O=C(c1ccc(F)cc1)N1CCCOC1. The number of ether oxygens (including phenoxy) is 1. The molecule has 0 aromatic heterocycles. The Morgan fingerprint density at radius 1 is 1.33 bits per heavy atom. The minimum atomic E-state index is -0.332. The van der Waals surface area contributed by atoms with Crippen LogP contribution in [0.25, 0.3) is 0 Å². The van der Waals surface area contributed by atoms with Crippen molar-refractivity contribution < 1.29 is 13.9 Å². The van der Waals surface area contributed by atoms with Gasteiger partial charge in [-0.05, 0) is 30.7 Å². The highest BCUT2D eigenvalue weighted by molar-refractivity contribution is 5.94. The quantitative estimate of drug-likeness (QED) is 0.703. The van der Waals surface area contributed by atoms with Gasteiger partial charge in [-0.1, -0.05) is 0 Å². The smallest absolute Gasteiger partial charge is 0.255 e. The molecule has 0 aliphatic carbocycles. The molecule has 0 radical (unpaired) electrons. The van der Waals surface area contributed by atoms with Gasteiger partial charge in [-0.25, -0.2) is 4.39 Å². The molecule has 0 N–H and O–H groups in total. The van der Waals surface area contributed by atoms with Crippen molar-refractivity contribution in [2.24, 2.45) is 0 Å². The van der Waals surface area contributed by atoms with Crippen LogP contribution >= 0.6 is 0 Å². The Labute approximate surface area is 87.5 Å². The lowest BCUT2D eigenvalue weighted by Crippen LogP contribution is -2.38. The van der Waals surface area contributed by atoms with E-state index in [9.17, 15) is 9.18 Å². The van der Waals surface area contributed by atoms with Gasteiger partial charge in [0.25, 0.3) is 5.91 Å². The fraction of sp³-hybridized carbons (Fsp3) is 0.364. The highest BCUT2D eigenvalue weighted by Gasteiger charge is 2.18. The van der Waals surface area contributed by atoms with Crippen molar-refractivity contribution in [3.05, 3.63) is 35.6 Å². The van der Waals surface area contributed by atoms with Crippen molar-refractivity contribution in [3.63, 3.8) is 0 Å². The maximum atomic E-state index is 12.6. The molecule has 0 bridgehead atoms. The molecule has 1 fully saturated rings. The molecular weight excluding hydrogens is 197 g/mol. The monoisotopic (exact) mass is 209 g/mol. The molecule has 3 nitrogen and oxygen atoms in total. The van der Waals surface area contributed by atoms with Crippen LogP contribution in [0.2, 0.25) is 0 Å². The Hall–Kier alpha value is -1.42. The summed E-state index contributed by atoms with van der Waals surface area (Å²) in [4.78, 5) is 13.5. The van der Waals surface area contributed by atoms with E-state index in [1.165, 1.54) is 24.3 Å². The molecule has 15 heavy (non-hydrogen) atoms. The second kappa shape index (κ2) is 4.40. The number of hydrogen-bond acceptors (Lipinski definition) is 2. The summed E-state index contributed by atoms with van der Waals surface area (Å²) in [6, 6.07) is 5.56. The Morgan fingerprint density at radius 2 is 2.07 bits per heavy atom. The van der Waals surface area contributed by atoms with Crippen molar-refractivity contribution in [3.8, 4) is 0 Å². The maximum Gasteiger partial charge on any atom is 0.255 e. The topological polar surface area (TPSA) is 29.5 Å². The molecule has 0 saturated carbocycles. The first kappa shape index (κ1) is 10.1. The van der Waals surface area contributed by atoms with E-state index in [0.717, 1.165) is 6.42 Å².